The topological polar surface area (TPSA) is 68.3 Å². The van der Waals surface area contributed by atoms with Crippen LogP contribution in [-0.4, -0.2) is 23.5 Å². The molecule has 1 amide bonds. The number of carbonyl (C=O) groups excluding carboxylic acids is 2. The van der Waals surface area contributed by atoms with Gasteiger partial charge in [0.15, 0.2) is 6.61 Å². The summed E-state index contributed by atoms with van der Waals surface area (Å²) >= 11 is 3.10. The number of carbonyl (C=O) groups is 2. The second-order valence-corrected chi connectivity index (χ2v) is 8.51. The number of hydrogen-bond donors (Lipinski definition) is 1. The molecule has 3 rings (SSSR count). The molecule has 146 valence electrons. The van der Waals surface area contributed by atoms with Crippen LogP contribution in [0.25, 0.3) is 9.88 Å². The molecule has 2 heterocycles. The highest BCUT2D eigenvalue weighted by Crippen LogP contribution is 2.28. The van der Waals surface area contributed by atoms with E-state index in [1.165, 1.54) is 11.3 Å². The van der Waals surface area contributed by atoms with Crippen molar-refractivity contribution in [2.24, 2.45) is 0 Å². The van der Waals surface area contributed by atoms with Gasteiger partial charge in [-0.15, -0.1) is 22.7 Å². The number of para-hydroxylation sites is 1. The highest BCUT2D eigenvalue weighted by atomic mass is 32.1. The SMILES string of the molecule is Cc1cccc(C(C)C)c1NC(=O)COC(=O)Cc1csc(-c2cccs2)n1. The van der Waals surface area contributed by atoms with E-state index in [9.17, 15) is 9.59 Å². The maximum absolute atomic E-state index is 12.3. The number of rotatable bonds is 7. The molecule has 0 aliphatic carbocycles. The van der Waals surface area contributed by atoms with Crippen molar-refractivity contribution in [3.63, 3.8) is 0 Å². The number of ether oxygens (including phenoxy) is 1. The van der Waals surface area contributed by atoms with Crippen LogP contribution in [0.5, 0.6) is 0 Å². The number of aryl methyl sites for hydroxylation is 1. The van der Waals surface area contributed by atoms with Gasteiger partial charge in [-0.05, 0) is 35.4 Å². The first kappa shape index (κ1) is 20.2. The molecular weight excluding hydrogens is 392 g/mol. The van der Waals surface area contributed by atoms with Gasteiger partial charge in [-0.25, -0.2) is 4.98 Å². The van der Waals surface area contributed by atoms with E-state index in [2.05, 4.69) is 24.1 Å². The molecule has 0 saturated carbocycles. The summed E-state index contributed by atoms with van der Waals surface area (Å²) in [5.74, 6) is -0.533. The summed E-state index contributed by atoms with van der Waals surface area (Å²) in [5, 5.41) is 7.59. The van der Waals surface area contributed by atoms with Crippen LogP contribution in [0.15, 0.2) is 41.1 Å². The first-order valence-electron chi connectivity index (χ1n) is 8.97. The summed E-state index contributed by atoms with van der Waals surface area (Å²) in [6.45, 7) is 5.78. The van der Waals surface area contributed by atoms with Crippen LogP contribution in [0, 0.1) is 6.92 Å². The number of thiophene rings is 1. The first-order chi connectivity index (χ1) is 13.4. The van der Waals surface area contributed by atoms with Gasteiger partial charge in [0.25, 0.3) is 5.91 Å². The fraction of sp³-hybridized carbons (Fsp3) is 0.286. The minimum absolute atomic E-state index is 0.0523. The lowest BCUT2D eigenvalue weighted by atomic mass is 9.98. The third-order valence-electron chi connectivity index (χ3n) is 4.16. The number of benzene rings is 1. The molecule has 2 aromatic heterocycles. The van der Waals surface area contributed by atoms with Crippen molar-refractivity contribution in [3.8, 4) is 9.88 Å². The third-order valence-corrected chi connectivity index (χ3v) is 6.10. The molecule has 7 heteroatoms. The Labute approximate surface area is 172 Å². The standard InChI is InChI=1S/C21H22N2O3S2/c1-13(2)16-7-4-6-14(3)20(16)23-18(24)11-26-19(25)10-15-12-28-21(22-15)17-8-5-9-27-17/h4-9,12-13H,10-11H2,1-3H3,(H,23,24). The molecule has 3 aromatic rings. The molecule has 0 unspecified atom stereocenters. The van der Waals surface area contributed by atoms with Crippen molar-refractivity contribution >= 4 is 40.2 Å². The molecule has 0 spiro atoms. The second kappa shape index (κ2) is 9.12. The average Bonchev–Trinajstić information content (AvgIpc) is 3.33. The number of hydrogen-bond acceptors (Lipinski definition) is 6. The molecule has 0 atom stereocenters. The minimum Gasteiger partial charge on any atom is -0.455 e. The van der Waals surface area contributed by atoms with Crippen LogP contribution >= 0.6 is 22.7 Å². The van der Waals surface area contributed by atoms with Crippen molar-refractivity contribution in [2.45, 2.75) is 33.1 Å². The smallest absolute Gasteiger partial charge is 0.312 e. The fourth-order valence-corrected chi connectivity index (χ4v) is 4.40. The molecule has 1 N–H and O–H groups in total. The molecule has 0 aliphatic rings. The van der Waals surface area contributed by atoms with Crippen molar-refractivity contribution in [2.75, 3.05) is 11.9 Å². The van der Waals surface area contributed by atoms with Crippen molar-refractivity contribution in [1.82, 2.24) is 4.98 Å². The summed E-state index contributed by atoms with van der Waals surface area (Å²) in [6, 6.07) is 9.87. The third kappa shape index (κ3) is 5.05. The average molecular weight is 415 g/mol. The fourth-order valence-electron chi connectivity index (χ4n) is 2.76. The number of nitrogens with one attached hydrogen (secondary N) is 1. The highest BCUT2D eigenvalue weighted by Gasteiger charge is 2.15. The second-order valence-electron chi connectivity index (χ2n) is 6.70. The van der Waals surface area contributed by atoms with Gasteiger partial charge in [0, 0.05) is 11.1 Å². The van der Waals surface area contributed by atoms with Crippen LogP contribution < -0.4 is 5.32 Å². The normalized spacial score (nSPS) is 10.9. The van der Waals surface area contributed by atoms with Crippen molar-refractivity contribution in [3.05, 3.63) is 57.9 Å². The zero-order valence-corrected chi connectivity index (χ0v) is 17.7. The van der Waals surface area contributed by atoms with Crippen LogP contribution in [0.3, 0.4) is 0 Å². The molecule has 28 heavy (non-hydrogen) atoms. The Morgan fingerprint density at radius 1 is 1.18 bits per heavy atom. The van der Waals surface area contributed by atoms with Gasteiger partial charge in [0.05, 0.1) is 17.0 Å². The molecule has 0 radical (unpaired) electrons. The molecule has 1 aromatic carbocycles. The zero-order chi connectivity index (χ0) is 20.1. The van der Waals surface area contributed by atoms with Crippen LogP contribution in [0.4, 0.5) is 5.69 Å². The van der Waals surface area contributed by atoms with Crippen LogP contribution in [0.1, 0.15) is 36.6 Å². The summed E-state index contributed by atoms with van der Waals surface area (Å²) in [6.07, 6.45) is 0.0523. The van der Waals surface area contributed by atoms with Gasteiger partial charge in [-0.1, -0.05) is 38.1 Å². The summed E-state index contributed by atoms with van der Waals surface area (Å²) in [4.78, 5) is 29.9. The van der Waals surface area contributed by atoms with Crippen LogP contribution in [0.2, 0.25) is 0 Å². The number of aromatic nitrogens is 1. The van der Waals surface area contributed by atoms with E-state index in [0.29, 0.717) is 5.69 Å². The lowest BCUT2D eigenvalue weighted by molar-refractivity contribution is -0.146. The van der Waals surface area contributed by atoms with Crippen molar-refractivity contribution < 1.29 is 14.3 Å². The van der Waals surface area contributed by atoms with Gasteiger partial charge in [0.2, 0.25) is 0 Å². The van der Waals surface area contributed by atoms with E-state index in [1.807, 2.05) is 48.0 Å². The monoisotopic (exact) mass is 414 g/mol. The Kier molecular flexibility index (Phi) is 6.59. The summed E-state index contributed by atoms with van der Waals surface area (Å²) < 4.78 is 5.14. The highest BCUT2D eigenvalue weighted by molar-refractivity contribution is 7.20. The molecular formula is C21H22N2O3S2. The van der Waals surface area contributed by atoms with Gasteiger partial charge in [0.1, 0.15) is 5.01 Å². The van der Waals surface area contributed by atoms with Crippen LogP contribution in [-0.2, 0) is 20.7 Å². The predicted molar refractivity (Wildman–Crippen MR) is 114 cm³/mol. The molecule has 0 aliphatic heterocycles. The number of thiazole rings is 1. The van der Waals surface area contributed by atoms with Gasteiger partial charge >= 0.3 is 5.97 Å². The quantitative estimate of drug-likeness (QED) is 0.551. The lowest BCUT2D eigenvalue weighted by Gasteiger charge is -2.16. The number of anilines is 1. The Morgan fingerprint density at radius 2 is 2.00 bits per heavy atom. The van der Waals surface area contributed by atoms with E-state index < -0.39 is 5.97 Å². The Bertz CT molecular complexity index is 962. The van der Waals surface area contributed by atoms with E-state index in [4.69, 9.17) is 4.74 Å². The van der Waals surface area contributed by atoms with E-state index in [-0.39, 0.29) is 24.9 Å². The van der Waals surface area contributed by atoms with Gasteiger partial charge < -0.3 is 10.1 Å². The van der Waals surface area contributed by atoms with E-state index in [1.54, 1.807) is 11.3 Å². The predicted octanol–water partition coefficient (Wildman–Crippen LogP) is 5.03. The zero-order valence-electron chi connectivity index (χ0n) is 16.0. The maximum Gasteiger partial charge on any atom is 0.312 e. The number of nitrogens with zero attached hydrogens (tertiary/aromatic N) is 1. The number of esters is 1. The van der Waals surface area contributed by atoms with Gasteiger partial charge in [-0.2, -0.15) is 0 Å². The Balaban J connectivity index is 1.53. The minimum atomic E-state index is -0.466. The molecule has 5 nitrogen and oxygen atoms in total. The Hall–Kier alpha value is -2.51. The first-order valence-corrected chi connectivity index (χ1v) is 10.7. The lowest BCUT2D eigenvalue weighted by Crippen LogP contribution is -2.23. The maximum atomic E-state index is 12.3. The largest absolute Gasteiger partial charge is 0.455 e. The molecule has 0 bridgehead atoms. The molecule has 0 saturated heterocycles. The van der Waals surface area contributed by atoms with Crippen molar-refractivity contribution in [1.29, 1.82) is 0 Å². The summed E-state index contributed by atoms with van der Waals surface area (Å²) in [5.41, 5.74) is 3.48. The Morgan fingerprint density at radius 3 is 2.71 bits per heavy atom. The molecule has 0 fully saturated rings. The van der Waals surface area contributed by atoms with E-state index >= 15 is 0 Å². The number of amides is 1. The van der Waals surface area contributed by atoms with Gasteiger partial charge in [-0.3, -0.25) is 9.59 Å². The van der Waals surface area contributed by atoms with E-state index in [0.717, 1.165) is 26.7 Å². The summed E-state index contributed by atoms with van der Waals surface area (Å²) in [7, 11) is 0.